The summed E-state index contributed by atoms with van der Waals surface area (Å²) < 4.78 is 1.80. The van der Waals surface area contributed by atoms with Gasteiger partial charge >= 0.3 is 0 Å². The third kappa shape index (κ3) is 4.39. The molecule has 0 fully saturated rings. The predicted octanol–water partition coefficient (Wildman–Crippen LogP) is 4.87. The second-order valence-electron chi connectivity index (χ2n) is 7.97. The van der Waals surface area contributed by atoms with Crippen molar-refractivity contribution in [3.05, 3.63) is 101 Å². The highest BCUT2D eigenvalue weighted by Gasteiger charge is 2.14. The topological polar surface area (TPSA) is 126 Å². The number of benzene rings is 2. The quantitative estimate of drug-likeness (QED) is 0.360. The minimum absolute atomic E-state index is 0.0158. The molecule has 8 nitrogen and oxygen atoms in total. The average molecular weight is 494 g/mol. The first kappa shape index (κ1) is 23.1. The van der Waals surface area contributed by atoms with Crippen molar-refractivity contribution in [1.82, 2.24) is 24.5 Å². The third-order valence-electron chi connectivity index (χ3n) is 5.76. The largest absolute Gasteiger partial charge is 0.384 e. The number of nitrogens with two attached hydrogens (primary N) is 2. The standard InChI is InChI=1S/C22H19N3O.C5H4N4S/c1-2-17-13-15-7-6-10-19(16-11-12-20(23)24-14-16)21(15)22(26)25(17)18-8-4-3-5-9-18;6-4-3-5(8-1-7-4)10-2-9-3/h3-14H,2H2,1H3,(H2,23,24);1-2H,(H2,6,7,8). The first-order valence-electron chi connectivity index (χ1n) is 11.3. The second-order valence-corrected chi connectivity index (χ2v) is 8.81. The first-order chi connectivity index (χ1) is 17.6. The fraction of sp³-hybridized carbons (Fsp3) is 0.0741. The van der Waals surface area contributed by atoms with E-state index >= 15 is 0 Å². The summed E-state index contributed by atoms with van der Waals surface area (Å²) in [5.41, 5.74) is 17.2. The van der Waals surface area contributed by atoms with Gasteiger partial charge < -0.3 is 11.5 Å². The van der Waals surface area contributed by atoms with Gasteiger partial charge in [-0.25, -0.2) is 19.9 Å². The monoisotopic (exact) mass is 493 g/mol. The minimum Gasteiger partial charge on any atom is -0.384 e. The molecule has 0 aliphatic heterocycles. The van der Waals surface area contributed by atoms with Gasteiger partial charge in [0, 0.05) is 23.1 Å². The molecule has 36 heavy (non-hydrogen) atoms. The number of rotatable bonds is 3. The van der Waals surface area contributed by atoms with Gasteiger partial charge in [0.15, 0.2) is 5.82 Å². The molecule has 0 aliphatic rings. The van der Waals surface area contributed by atoms with Gasteiger partial charge in [0.2, 0.25) is 0 Å². The molecular weight excluding hydrogens is 470 g/mol. The Kier molecular flexibility index (Phi) is 6.38. The summed E-state index contributed by atoms with van der Waals surface area (Å²) in [6.45, 7) is 2.06. The zero-order chi connectivity index (χ0) is 25.1. The molecule has 178 valence electrons. The van der Waals surface area contributed by atoms with Crippen LogP contribution in [0.4, 0.5) is 11.6 Å². The highest BCUT2D eigenvalue weighted by molar-refractivity contribution is 7.16. The van der Waals surface area contributed by atoms with Gasteiger partial charge in [0.1, 0.15) is 22.5 Å². The highest BCUT2D eigenvalue weighted by atomic mass is 32.1. The minimum atomic E-state index is -0.0158. The number of aryl methyl sites for hydroxylation is 1. The molecule has 0 aliphatic carbocycles. The maximum absolute atomic E-state index is 13.5. The summed E-state index contributed by atoms with van der Waals surface area (Å²) in [6.07, 6.45) is 3.92. The zero-order valence-corrected chi connectivity index (χ0v) is 20.3. The smallest absolute Gasteiger partial charge is 0.263 e. The van der Waals surface area contributed by atoms with E-state index in [1.807, 2.05) is 54.6 Å². The molecule has 0 bridgehead atoms. The number of anilines is 2. The number of hydrogen-bond acceptors (Lipinski definition) is 8. The van der Waals surface area contributed by atoms with E-state index in [1.54, 1.807) is 22.3 Å². The highest BCUT2D eigenvalue weighted by Crippen LogP contribution is 2.28. The van der Waals surface area contributed by atoms with Crippen molar-refractivity contribution in [2.75, 3.05) is 11.5 Å². The Balaban J connectivity index is 0.000000222. The lowest BCUT2D eigenvalue weighted by atomic mass is 9.99. The van der Waals surface area contributed by atoms with Crippen LogP contribution in [0.2, 0.25) is 0 Å². The molecule has 0 saturated heterocycles. The third-order valence-corrected chi connectivity index (χ3v) is 6.49. The van der Waals surface area contributed by atoms with Gasteiger partial charge in [-0.15, -0.1) is 11.3 Å². The average Bonchev–Trinajstić information content (AvgIpc) is 3.40. The molecule has 6 aromatic rings. The Morgan fingerprint density at radius 1 is 0.917 bits per heavy atom. The van der Waals surface area contributed by atoms with E-state index in [2.05, 4.69) is 32.9 Å². The lowest BCUT2D eigenvalue weighted by Crippen LogP contribution is -2.22. The Labute approximate surface area is 210 Å². The van der Waals surface area contributed by atoms with Crippen molar-refractivity contribution >= 4 is 44.1 Å². The van der Waals surface area contributed by atoms with Crippen molar-refractivity contribution in [1.29, 1.82) is 0 Å². The zero-order valence-electron chi connectivity index (χ0n) is 19.5. The SMILES string of the molecule is CCc1cc2cccc(-c3ccc(N)nc3)c2c(=O)n1-c1ccccc1.Nc1ncnc2scnc12. The van der Waals surface area contributed by atoms with Gasteiger partial charge in [-0.3, -0.25) is 9.36 Å². The molecule has 4 N–H and O–H groups in total. The van der Waals surface area contributed by atoms with Crippen molar-refractivity contribution in [2.24, 2.45) is 0 Å². The fourth-order valence-corrected chi connectivity index (χ4v) is 4.69. The van der Waals surface area contributed by atoms with Crippen LogP contribution in [0.5, 0.6) is 0 Å². The van der Waals surface area contributed by atoms with E-state index < -0.39 is 0 Å². The van der Waals surface area contributed by atoms with Crippen LogP contribution >= 0.6 is 11.3 Å². The molecule has 0 atom stereocenters. The summed E-state index contributed by atoms with van der Waals surface area (Å²) >= 11 is 1.46. The Morgan fingerprint density at radius 3 is 2.47 bits per heavy atom. The normalized spacial score (nSPS) is 10.8. The number of aromatic nitrogens is 5. The number of pyridine rings is 2. The molecule has 2 aromatic carbocycles. The second kappa shape index (κ2) is 9.93. The van der Waals surface area contributed by atoms with E-state index in [4.69, 9.17) is 11.5 Å². The van der Waals surface area contributed by atoms with Crippen molar-refractivity contribution in [3.63, 3.8) is 0 Å². The summed E-state index contributed by atoms with van der Waals surface area (Å²) in [7, 11) is 0. The Bertz CT molecular complexity index is 1710. The summed E-state index contributed by atoms with van der Waals surface area (Å²) in [5, 5.41) is 1.63. The molecule has 0 saturated carbocycles. The fourth-order valence-electron chi connectivity index (χ4n) is 4.05. The molecule has 4 aromatic heterocycles. The Morgan fingerprint density at radius 2 is 1.75 bits per heavy atom. The van der Waals surface area contributed by atoms with Gasteiger partial charge in [-0.05, 0) is 47.7 Å². The van der Waals surface area contributed by atoms with Crippen LogP contribution in [0, 0.1) is 0 Å². The first-order valence-corrected chi connectivity index (χ1v) is 12.2. The van der Waals surface area contributed by atoms with E-state index in [9.17, 15) is 4.79 Å². The van der Waals surface area contributed by atoms with E-state index in [0.29, 0.717) is 22.5 Å². The van der Waals surface area contributed by atoms with Gasteiger partial charge in [0.25, 0.3) is 5.56 Å². The number of fused-ring (bicyclic) bond motifs is 2. The van der Waals surface area contributed by atoms with Crippen LogP contribution in [0.3, 0.4) is 0 Å². The van der Waals surface area contributed by atoms with Crippen LogP contribution in [-0.4, -0.2) is 24.5 Å². The molecule has 9 heteroatoms. The van der Waals surface area contributed by atoms with Crippen molar-refractivity contribution < 1.29 is 0 Å². The van der Waals surface area contributed by atoms with Gasteiger partial charge in [-0.2, -0.15) is 0 Å². The van der Waals surface area contributed by atoms with Gasteiger partial charge in [-0.1, -0.05) is 43.3 Å². The lowest BCUT2D eigenvalue weighted by molar-refractivity contribution is 0.889. The van der Waals surface area contributed by atoms with E-state index in [1.165, 1.54) is 17.7 Å². The summed E-state index contributed by atoms with van der Waals surface area (Å²) in [6, 6.07) is 21.4. The maximum atomic E-state index is 13.5. The molecule has 0 amide bonds. The number of hydrogen-bond donors (Lipinski definition) is 2. The molecule has 0 unspecified atom stereocenters. The number of nitrogen functional groups attached to an aromatic ring is 2. The summed E-state index contributed by atoms with van der Waals surface area (Å²) in [4.78, 5) is 30.2. The van der Waals surface area contributed by atoms with Crippen LogP contribution in [0.15, 0.2) is 89.6 Å². The summed E-state index contributed by atoms with van der Waals surface area (Å²) in [5.74, 6) is 0.912. The molecule has 6 rings (SSSR count). The molecular formula is C27H23N7OS. The predicted molar refractivity (Wildman–Crippen MR) is 146 cm³/mol. The van der Waals surface area contributed by atoms with Crippen LogP contribution < -0.4 is 17.0 Å². The van der Waals surface area contributed by atoms with E-state index in [0.717, 1.165) is 39.1 Å². The van der Waals surface area contributed by atoms with Crippen molar-refractivity contribution in [3.8, 4) is 16.8 Å². The van der Waals surface area contributed by atoms with E-state index in [-0.39, 0.29) is 5.56 Å². The number of thiazole rings is 1. The van der Waals surface area contributed by atoms with Crippen LogP contribution in [-0.2, 0) is 6.42 Å². The maximum Gasteiger partial charge on any atom is 0.263 e. The van der Waals surface area contributed by atoms with Crippen LogP contribution in [0.25, 0.3) is 37.9 Å². The molecule has 0 spiro atoms. The molecule has 0 radical (unpaired) electrons. The van der Waals surface area contributed by atoms with Crippen LogP contribution in [0.1, 0.15) is 12.6 Å². The molecule has 4 heterocycles. The lowest BCUT2D eigenvalue weighted by Gasteiger charge is -2.15. The number of nitrogens with zero attached hydrogens (tertiary/aromatic N) is 5. The Hall–Kier alpha value is -4.63. The van der Waals surface area contributed by atoms with Gasteiger partial charge in [0.05, 0.1) is 10.9 Å². The number of para-hydroxylation sites is 1. The van der Waals surface area contributed by atoms with Crippen molar-refractivity contribution in [2.45, 2.75) is 13.3 Å².